The number of carbonyl (C=O) groups is 4. The van der Waals surface area contributed by atoms with E-state index in [4.69, 9.17) is 4.74 Å². The Morgan fingerprint density at radius 3 is 2.42 bits per heavy atom. The van der Waals surface area contributed by atoms with E-state index in [1.807, 2.05) is 0 Å². The quantitative estimate of drug-likeness (QED) is 0.244. The van der Waals surface area contributed by atoms with E-state index in [1.165, 1.54) is 56.7 Å². The minimum Gasteiger partial charge on any atom is -0.452 e. The molecule has 12 nitrogen and oxygen atoms in total. The summed E-state index contributed by atoms with van der Waals surface area (Å²) in [5.74, 6) is -4.42. The van der Waals surface area contributed by atoms with E-state index in [-0.39, 0.29) is 35.4 Å². The lowest BCUT2D eigenvalue weighted by Gasteiger charge is -2.22. The molecule has 2 N–H and O–H groups in total. The van der Waals surface area contributed by atoms with Crippen LogP contribution in [0.15, 0.2) is 67.0 Å². The van der Waals surface area contributed by atoms with Crippen LogP contribution in [0.2, 0.25) is 0 Å². The van der Waals surface area contributed by atoms with Crippen LogP contribution >= 0.6 is 0 Å². The fourth-order valence-corrected chi connectivity index (χ4v) is 4.30. The monoisotopic (exact) mass is 590 g/mol. The van der Waals surface area contributed by atoms with Crippen molar-refractivity contribution in [2.45, 2.75) is 6.92 Å². The van der Waals surface area contributed by atoms with Gasteiger partial charge in [0.25, 0.3) is 0 Å². The van der Waals surface area contributed by atoms with Crippen molar-refractivity contribution in [3.8, 4) is 11.5 Å². The van der Waals surface area contributed by atoms with Gasteiger partial charge in [0.2, 0.25) is 5.91 Å². The van der Waals surface area contributed by atoms with Crippen LogP contribution in [0.1, 0.15) is 6.92 Å². The molecule has 1 atom stereocenters. The Kier molecular flexibility index (Phi) is 7.84. The number of benzene rings is 2. The molecule has 0 radical (unpaired) electrons. The minimum atomic E-state index is -1.42. The fraction of sp³-hybridized carbons (Fsp3) is 0.172. The van der Waals surface area contributed by atoms with E-state index < -0.39 is 35.4 Å². The molecular weight excluding hydrogens is 564 g/mol. The maximum Gasteiger partial charge on any atom is 0.505 e. The highest BCUT2D eigenvalue weighted by atomic mass is 19.1. The van der Waals surface area contributed by atoms with Crippen molar-refractivity contribution in [1.82, 2.24) is 14.5 Å². The molecule has 0 spiro atoms. The number of imide groups is 1. The molecule has 1 unspecified atom stereocenters. The number of aromatic nitrogens is 2. The van der Waals surface area contributed by atoms with Crippen LogP contribution < -0.4 is 20.3 Å². The topological polar surface area (TPSA) is 128 Å². The Balaban J connectivity index is 1.36. The summed E-state index contributed by atoms with van der Waals surface area (Å²) in [5.41, 5.74) is 1.00. The number of rotatable bonds is 7. The van der Waals surface area contributed by atoms with Gasteiger partial charge in [0, 0.05) is 31.9 Å². The van der Waals surface area contributed by atoms with Crippen molar-refractivity contribution in [1.29, 1.82) is 0 Å². The molecule has 1 aliphatic rings. The zero-order valence-corrected chi connectivity index (χ0v) is 23.2. The Morgan fingerprint density at radius 1 is 1.00 bits per heavy atom. The standard InChI is InChI=1S/C29H25F2N7O5/c1-4-36-16-21(27(40)38(29(36)42)20-8-5-17(30)6-9-20)26(39)33-18-7-10-24(22(31)13-18)43-25-14-19(34-28(41)35(2)3)15-37-23(25)11-12-32-37/h5-16,21H,4H2,1-3H3,(H-,33,34,39,41)/p+1. The first kappa shape index (κ1) is 28.9. The third-order valence-corrected chi connectivity index (χ3v) is 6.51. The zero-order valence-electron chi connectivity index (χ0n) is 23.2. The lowest BCUT2D eigenvalue weighted by molar-refractivity contribution is -0.419. The van der Waals surface area contributed by atoms with Crippen molar-refractivity contribution in [2.75, 3.05) is 36.2 Å². The molecule has 2 aromatic carbocycles. The number of pyridine rings is 1. The Labute approximate surface area is 243 Å². The summed E-state index contributed by atoms with van der Waals surface area (Å²) in [6.07, 6.45) is 4.29. The van der Waals surface area contributed by atoms with Crippen LogP contribution in [0, 0.1) is 17.6 Å². The van der Waals surface area contributed by atoms with E-state index in [2.05, 4.69) is 15.7 Å². The molecule has 0 saturated carbocycles. The lowest BCUT2D eigenvalue weighted by Crippen LogP contribution is -2.54. The number of halogens is 2. The number of ether oxygens (including phenoxy) is 1. The van der Waals surface area contributed by atoms with Crippen LogP contribution in [0.5, 0.6) is 11.5 Å². The normalized spacial score (nSPS) is 14.9. The van der Waals surface area contributed by atoms with Crippen molar-refractivity contribution < 1.29 is 37.3 Å². The minimum absolute atomic E-state index is 0.0332. The number of nitrogens with zero attached hydrogens (tertiary/aromatic N) is 5. The number of anilines is 3. The van der Waals surface area contributed by atoms with E-state index in [1.54, 1.807) is 33.3 Å². The van der Waals surface area contributed by atoms with Crippen molar-refractivity contribution in [3.05, 3.63) is 78.6 Å². The van der Waals surface area contributed by atoms with E-state index in [0.29, 0.717) is 11.2 Å². The van der Waals surface area contributed by atoms with Crippen molar-refractivity contribution in [3.63, 3.8) is 0 Å². The molecule has 4 aromatic rings. The fourth-order valence-electron chi connectivity index (χ4n) is 4.30. The number of hydrogen-bond donors (Lipinski definition) is 2. The van der Waals surface area contributed by atoms with Gasteiger partial charge in [0.1, 0.15) is 17.0 Å². The van der Waals surface area contributed by atoms with E-state index in [0.717, 1.165) is 23.1 Å². The maximum absolute atomic E-state index is 15.2. The van der Waals surface area contributed by atoms with Gasteiger partial charge in [0.15, 0.2) is 23.2 Å². The average Bonchev–Trinajstić information content (AvgIpc) is 3.44. The van der Waals surface area contributed by atoms with Gasteiger partial charge in [-0.15, -0.1) is 4.90 Å². The summed E-state index contributed by atoms with van der Waals surface area (Å²) in [6.45, 7) is 1.83. The summed E-state index contributed by atoms with van der Waals surface area (Å²) in [4.78, 5) is 53.5. The van der Waals surface area contributed by atoms with Gasteiger partial charge < -0.3 is 20.3 Å². The highest BCUT2D eigenvalue weighted by Crippen LogP contribution is 2.32. The van der Waals surface area contributed by atoms with Crippen LogP contribution in [-0.4, -0.2) is 69.8 Å². The number of carbonyl (C=O) groups excluding carboxylic acids is 4. The first-order valence-corrected chi connectivity index (χ1v) is 13.0. The highest BCUT2D eigenvalue weighted by molar-refractivity contribution is 6.28. The lowest BCUT2D eigenvalue weighted by atomic mass is 10.1. The van der Waals surface area contributed by atoms with Crippen LogP contribution in [0.25, 0.3) is 5.52 Å². The maximum atomic E-state index is 15.2. The smallest absolute Gasteiger partial charge is 0.452 e. The summed E-state index contributed by atoms with van der Waals surface area (Å²) in [7, 11) is 3.16. The average molecular weight is 591 g/mol. The molecule has 6 amide bonds. The number of hydrogen-bond acceptors (Lipinski definition) is 6. The molecule has 1 aliphatic heterocycles. The van der Waals surface area contributed by atoms with Crippen molar-refractivity contribution in [2.24, 2.45) is 5.92 Å². The number of nitrogens with one attached hydrogen (secondary N) is 2. The van der Waals surface area contributed by atoms with Crippen LogP contribution in [-0.2, 0) is 9.59 Å². The number of fused-ring (bicyclic) bond motifs is 1. The third kappa shape index (κ3) is 5.88. The molecule has 0 aliphatic carbocycles. The first-order valence-electron chi connectivity index (χ1n) is 13.0. The summed E-state index contributed by atoms with van der Waals surface area (Å²) in [5, 5.41) is 9.34. The number of urea groups is 2. The third-order valence-electron chi connectivity index (χ3n) is 6.51. The second-order valence-electron chi connectivity index (χ2n) is 9.66. The van der Waals surface area contributed by atoms with E-state index in [9.17, 15) is 23.6 Å². The van der Waals surface area contributed by atoms with Gasteiger partial charge in [-0.05, 0) is 49.4 Å². The Morgan fingerprint density at radius 2 is 1.74 bits per heavy atom. The number of amides is 6. The predicted molar refractivity (Wildman–Crippen MR) is 153 cm³/mol. The summed E-state index contributed by atoms with van der Waals surface area (Å²) >= 11 is 0. The van der Waals surface area contributed by atoms with E-state index >= 15 is 4.39 Å². The van der Waals surface area contributed by atoms with Crippen molar-refractivity contribution >= 4 is 52.7 Å². The summed E-state index contributed by atoms with van der Waals surface area (Å²) < 4.78 is 37.1. The molecule has 43 heavy (non-hydrogen) atoms. The Bertz CT molecular complexity index is 1790. The molecule has 220 valence electrons. The summed E-state index contributed by atoms with van der Waals surface area (Å²) in [6, 6.07) is 10.5. The van der Waals surface area contributed by atoms with Gasteiger partial charge in [-0.2, -0.15) is 9.89 Å². The molecule has 2 aromatic heterocycles. The molecular formula is C29H26F2N7O5+. The molecule has 3 heterocycles. The van der Waals surface area contributed by atoms with Crippen LogP contribution in [0.3, 0.4) is 0 Å². The van der Waals surface area contributed by atoms with Gasteiger partial charge in [-0.3, -0.25) is 4.79 Å². The predicted octanol–water partition coefficient (Wildman–Crippen LogP) is 4.32. The molecule has 0 fully saturated rings. The van der Waals surface area contributed by atoms with Crippen LogP contribution in [0.4, 0.5) is 35.4 Å². The van der Waals surface area contributed by atoms with Gasteiger partial charge in [-0.1, -0.05) is 0 Å². The van der Waals surface area contributed by atoms with Gasteiger partial charge in [-0.25, -0.2) is 27.5 Å². The van der Waals surface area contributed by atoms with Gasteiger partial charge >= 0.3 is 18.0 Å². The Hall–Kier alpha value is -5.66. The largest absolute Gasteiger partial charge is 0.505 e. The zero-order chi connectivity index (χ0) is 30.8. The first-order chi connectivity index (χ1) is 20.5. The second-order valence-corrected chi connectivity index (χ2v) is 9.66. The van der Waals surface area contributed by atoms with Gasteiger partial charge in [0.05, 0.1) is 30.8 Å². The molecule has 5 rings (SSSR count). The highest BCUT2D eigenvalue weighted by Gasteiger charge is 2.47. The SMILES string of the molecule is CC[N+]1=CC(C(=O)Nc2ccc(Oc3cc(NC(=O)N(C)C)cn4nccc34)c(F)c2)C(=O)N(c2ccc(F)cc2)C1=O. The molecule has 0 bridgehead atoms. The molecule has 14 heteroatoms. The second kappa shape index (κ2) is 11.7. The molecule has 0 saturated heterocycles.